The van der Waals surface area contributed by atoms with Crippen molar-refractivity contribution in [2.75, 3.05) is 0 Å². The molecule has 0 bridgehead atoms. The molecule has 0 aromatic heterocycles. The van der Waals surface area contributed by atoms with Gasteiger partial charge in [-0.2, -0.15) is 0 Å². The SMILES string of the molecule is C/C(Cc1ccc(Cl)cc1Cl)=N\O. The van der Waals surface area contributed by atoms with Crippen molar-refractivity contribution in [3.05, 3.63) is 33.8 Å². The highest BCUT2D eigenvalue weighted by atomic mass is 35.5. The van der Waals surface area contributed by atoms with Gasteiger partial charge >= 0.3 is 0 Å². The van der Waals surface area contributed by atoms with E-state index >= 15 is 0 Å². The minimum absolute atomic E-state index is 0.534. The molecule has 0 spiro atoms. The Hall–Kier alpha value is -0.730. The van der Waals surface area contributed by atoms with Crippen LogP contribution in [0, 0.1) is 0 Å². The Bertz CT molecular complexity index is 336. The monoisotopic (exact) mass is 217 g/mol. The van der Waals surface area contributed by atoms with E-state index in [4.69, 9.17) is 28.4 Å². The number of halogens is 2. The minimum atomic E-state index is 0.534. The lowest BCUT2D eigenvalue weighted by Crippen LogP contribution is -1.97. The molecule has 0 fully saturated rings. The fraction of sp³-hybridized carbons (Fsp3) is 0.222. The van der Waals surface area contributed by atoms with Crippen LogP contribution in [-0.4, -0.2) is 10.9 Å². The molecule has 1 aromatic rings. The van der Waals surface area contributed by atoms with Gasteiger partial charge in [0, 0.05) is 16.5 Å². The fourth-order valence-corrected chi connectivity index (χ4v) is 1.45. The van der Waals surface area contributed by atoms with Gasteiger partial charge in [-0.1, -0.05) is 34.4 Å². The Morgan fingerprint density at radius 2 is 2.15 bits per heavy atom. The molecule has 0 aliphatic carbocycles. The lowest BCUT2D eigenvalue weighted by molar-refractivity contribution is 0.317. The summed E-state index contributed by atoms with van der Waals surface area (Å²) in [5, 5.41) is 12.7. The molecule has 0 heterocycles. The molecule has 13 heavy (non-hydrogen) atoms. The van der Waals surface area contributed by atoms with Crippen molar-refractivity contribution in [1.82, 2.24) is 0 Å². The van der Waals surface area contributed by atoms with Gasteiger partial charge in [0.05, 0.1) is 5.71 Å². The molecule has 0 aliphatic heterocycles. The fourth-order valence-electron chi connectivity index (χ4n) is 0.976. The zero-order valence-electron chi connectivity index (χ0n) is 7.09. The summed E-state index contributed by atoms with van der Waals surface area (Å²) in [7, 11) is 0. The average Bonchev–Trinajstić information content (AvgIpc) is 2.09. The smallest absolute Gasteiger partial charge is 0.0584 e. The van der Waals surface area contributed by atoms with Crippen LogP contribution >= 0.6 is 23.2 Å². The maximum atomic E-state index is 8.46. The van der Waals surface area contributed by atoms with E-state index < -0.39 is 0 Å². The Balaban J connectivity index is 2.90. The third kappa shape index (κ3) is 2.90. The summed E-state index contributed by atoms with van der Waals surface area (Å²) in [5.74, 6) is 0. The topological polar surface area (TPSA) is 32.6 Å². The molecule has 1 rings (SSSR count). The van der Waals surface area contributed by atoms with Crippen molar-refractivity contribution < 1.29 is 5.21 Å². The van der Waals surface area contributed by atoms with Crippen LogP contribution in [0.15, 0.2) is 23.4 Å². The Labute approximate surface area is 86.8 Å². The van der Waals surface area contributed by atoms with Gasteiger partial charge < -0.3 is 5.21 Å². The molecule has 0 aliphatic rings. The summed E-state index contributed by atoms with van der Waals surface area (Å²) in [4.78, 5) is 0. The highest BCUT2D eigenvalue weighted by Gasteiger charge is 2.02. The zero-order valence-corrected chi connectivity index (χ0v) is 8.60. The van der Waals surface area contributed by atoms with Gasteiger partial charge in [-0.25, -0.2) is 0 Å². The average molecular weight is 218 g/mol. The normalized spacial score (nSPS) is 11.8. The Kier molecular flexibility index (Phi) is 3.58. The number of oxime groups is 1. The molecular formula is C9H9Cl2NO. The predicted molar refractivity (Wildman–Crippen MR) is 55.1 cm³/mol. The first-order valence-corrected chi connectivity index (χ1v) is 4.50. The third-order valence-electron chi connectivity index (χ3n) is 1.63. The second kappa shape index (κ2) is 4.49. The van der Waals surface area contributed by atoms with E-state index in [9.17, 15) is 0 Å². The van der Waals surface area contributed by atoms with Crippen LogP contribution in [0.25, 0.3) is 0 Å². The zero-order chi connectivity index (χ0) is 9.84. The molecule has 1 N–H and O–H groups in total. The standard InChI is InChI=1S/C9H9Cl2NO/c1-6(12-13)4-7-2-3-8(10)5-9(7)11/h2-3,5,13H,4H2,1H3/b12-6+. The molecule has 0 amide bonds. The molecule has 2 nitrogen and oxygen atoms in total. The summed E-state index contributed by atoms with van der Waals surface area (Å²) in [6, 6.07) is 5.25. The van der Waals surface area contributed by atoms with Gasteiger partial charge in [0.25, 0.3) is 0 Å². The summed E-state index contributed by atoms with van der Waals surface area (Å²) in [6.07, 6.45) is 0.534. The molecule has 1 aromatic carbocycles. The molecule has 4 heteroatoms. The minimum Gasteiger partial charge on any atom is -0.411 e. The quantitative estimate of drug-likeness (QED) is 0.460. The summed E-state index contributed by atoms with van der Waals surface area (Å²) < 4.78 is 0. The molecule has 0 unspecified atom stereocenters. The van der Waals surface area contributed by atoms with E-state index in [-0.39, 0.29) is 0 Å². The maximum Gasteiger partial charge on any atom is 0.0584 e. The van der Waals surface area contributed by atoms with E-state index in [1.807, 2.05) is 6.07 Å². The largest absolute Gasteiger partial charge is 0.411 e. The third-order valence-corrected chi connectivity index (χ3v) is 2.22. The number of benzene rings is 1. The number of hydrogen-bond donors (Lipinski definition) is 1. The Morgan fingerprint density at radius 3 is 2.69 bits per heavy atom. The van der Waals surface area contributed by atoms with Crippen LogP contribution in [-0.2, 0) is 6.42 Å². The van der Waals surface area contributed by atoms with Crippen LogP contribution in [0.5, 0.6) is 0 Å². The van der Waals surface area contributed by atoms with Gasteiger partial charge in [0.15, 0.2) is 0 Å². The number of nitrogens with zero attached hydrogens (tertiary/aromatic N) is 1. The highest BCUT2D eigenvalue weighted by molar-refractivity contribution is 6.35. The molecule has 0 atom stereocenters. The predicted octanol–water partition coefficient (Wildman–Crippen LogP) is 3.39. The van der Waals surface area contributed by atoms with Crippen LogP contribution < -0.4 is 0 Å². The summed E-state index contributed by atoms with van der Waals surface area (Å²) in [5.41, 5.74) is 1.52. The first-order valence-electron chi connectivity index (χ1n) is 3.75. The second-order valence-corrected chi connectivity index (χ2v) is 3.59. The molecule has 0 saturated heterocycles. The molecule has 0 saturated carbocycles. The van der Waals surface area contributed by atoms with Crippen LogP contribution in [0.1, 0.15) is 12.5 Å². The lowest BCUT2D eigenvalue weighted by atomic mass is 10.1. The van der Waals surface area contributed by atoms with Crippen molar-refractivity contribution in [3.63, 3.8) is 0 Å². The molecule has 70 valence electrons. The van der Waals surface area contributed by atoms with Crippen LogP contribution in [0.4, 0.5) is 0 Å². The van der Waals surface area contributed by atoms with Crippen molar-refractivity contribution in [2.45, 2.75) is 13.3 Å². The van der Waals surface area contributed by atoms with Crippen LogP contribution in [0.2, 0.25) is 10.0 Å². The van der Waals surface area contributed by atoms with Crippen LogP contribution in [0.3, 0.4) is 0 Å². The maximum absolute atomic E-state index is 8.46. The van der Waals surface area contributed by atoms with Crippen molar-refractivity contribution in [3.8, 4) is 0 Å². The van der Waals surface area contributed by atoms with Gasteiger partial charge in [-0.05, 0) is 24.6 Å². The van der Waals surface area contributed by atoms with Gasteiger partial charge in [-0.15, -0.1) is 0 Å². The molecular weight excluding hydrogens is 209 g/mol. The van der Waals surface area contributed by atoms with E-state index in [2.05, 4.69) is 5.16 Å². The van der Waals surface area contributed by atoms with Crippen molar-refractivity contribution >= 4 is 28.9 Å². The Morgan fingerprint density at radius 1 is 1.46 bits per heavy atom. The summed E-state index contributed by atoms with van der Waals surface area (Å²) >= 11 is 11.6. The van der Waals surface area contributed by atoms with Gasteiger partial charge in [-0.3, -0.25) is 0 Å². The van der Waals surface area contributed by atoms with E-state index in [1.54, 1.807) is 19.1 Å². The van der Waals surface area contributed by atoms with Crippen molar-refractivity contribution in [1.29, 1.82) is 0 Å². The highest BCUT2D eigenvalue weighted by Crippen LogP contribution is 2.21. The number of rotatable bonds is 2. The summed E-state index contributed by atoms with van der Waals surface area (Å²) in [6.45, 7) is 1.73. The first kappa shape index (κ1) is 10.4. The van der Waals surface area contributed by atoms with E-state index in [0.717, 1.165) is 5.56 Å². The number of hydrogen-bond acceptors (Lipinski definition) is 2. The van der Waals surface area contributed by atoms with E-state index in [0.29, 0.717) is 22.2 Å². The first-order chi connectivity index (χ1) is 6.13. The van der Waals surface area contributed by atoms with Gasteiger partial charge in [0.2, 0.25) is 0 Å². The van der Waals surface area contributed by atoms with Crippen molar-refractivity contribution in [2.24, 2.45) is 5.16 Å². The van der Waals surface area contributed by atoms with E-state index in [1.165, 1.54) is 0 Å². The second-order valence-electron chi connectivity index (χ2n) is 2.75. The molecule has 0 radical (unpaired) electrons. The van der Waals surface area contributed by atoms with Gasteiger partial charge in [0.1, 0.15) is 0 Å². The lowest BCUT2D eigenvalue weighted by Gasteiger charge is -2.02.